The molecule has 0 aliphatic carbocycles. The minimum Gasteiger partial charge on any atom is -0.496 e. The van der Waals surface area contributed by atoms with Crippen molar-refractivity contribution in [2.24, 2.45) is 0 Å². The number of ether oxygens (including phenoxy) is 1. The molecule has 0 bridgehead atoms. The quantitative estimate of drug-likeness (QED) is 0.623. The van der Waals surface area contributed by atoms with Crippen molar-refractivity contribution in [2.45, 2.75) is 13.8 Å². The highest BCUT2D eigenvalue weighted by atomic mass is 16.7. The molecule has 67 valence electrons. The molecule has 0 atom stereocenters. The predicted molar refractivity (Wildman–Crippen MR) is 45.9 cm³/mol. The summed E-state index contributed by atoms with van der Waals surface area (Å²) in [5.41, 5.74) is 2.14. The topological polar surface area (TPSA) is 21.7 Å². The SMILES string of the molecule is COC1=C(C)CN(OC)[C]=C1C. The average Bonchev–Trinajstić information content (AvgIpc) is 2.03. The lowest BCUT2D eigenvalue weighted by Gasteiger charge is -2.24. The summed E-state index contributed by atoms with van der Waals surface area (Å²) in [5.74, 6) is 0.920. The van der Waals surface area contributed by atoms with Gasteiger partial charge in [-0.2, -0.15) is 0 Å². The first-order valence-corrected chi connectivity index (χ1v) is 3.85. The van der Waals surface area contributed by atoms with Crippen molar-refractivity contribution < 1.29 is 9.57 Å². The Hall–Kier alpha value is -0.960. The minimum atomic E-state index is 0.719. The normalized spacial score (nSPS) is 18.0. The van der Waals surface area contributed by atoms with Crippen LogP contribution in [-0.2, 0) is 9.57 Å². The summed E-state index contributed by atoms with van der Waals surface area (Å²) in [5, 5.41) is 1.66. The molecule has 0 aromatic carbocycles. The molecule has 1 radical (unpaired) electrons. The molecule has 0 N–H and O–H groups in total. The monoisotopic (exact) mass is 168 g/mol. The second kappa shape index (κ2) is 3.63. The summed E-state index contributed by atoms with van der Waals surface area (Å²) in [6.45, 7) is 4.69. The lowest BCUT2D eigenvalue weighted by molar-refractivity contribution is -0.0920. The van der Waals surface area contributed by atoms with Crippen LogP contribution in [0, 0.1) is 6.20 Å². The minimum absolute atomic E-state index is 0.719. The Bertz CT molecular complexity index is 231. The van der Waals surface area contributed by atoms with Gasteiger partial charge in [0.15, 0.2) is 0 Å². The van der Waals surface area contributed by atoms with Crippen molar-refractivity contribution in [2.75, 3.05) is 20.8 Å². The fourth-order valence-electron chi connectivity index (χ4n) is 1.32. The molecule has 3 nitrogen and oxygen atoms in total. The maximum atomic E-state index is 5.21. The zero-order valence-electron chi connectivity index (χ0n) is 7.97. The van der Waals surface area contributed by atoms with Gasteiger partial charge in [-0.25, -0.2) is 5.06 Å². The average molecular weight is 168 g/mol. The van der Waals surface area contributed by atoms with Gasteiger partial charge in [0.1, 0.15) is 5.76 Å². The fraction of sp³-hybridized carbons (Fsp3) is 0.556. The first-order chi connectivity index (χ1) is 5.69. The van der Waals surface area contributed by atoms with E-state index < -0.39 is 0 Å². The molecule has 1 aliphatic heterocycles. The maximum Gasteiger partial charge on any atom is 0.124 e. The van der Waals surface area contributed by atoms with E-state index in [1.54, 1.807) is 19.3 Å². The first kappa shape index (κ1) is 9.13. The summed E-state index contributed by atoms with van der Waals surface area (Å²) in [6, 6.07) is 0. The van der Waals surface area contributed by atoms with Crippen molar-refractivity contribution >= 4 is 0 Å². The lowest BCUT2D eigenvalue weighted by Crippen LogP contribution is -2.24. The Labute approximate surface area is 73.2 Å². The van der Waals surface area contributed by atoms with Crippen LogP contribution in [0.2, 0.25) is 0 Å². The van der Waals surface area contributed by atoms with Gasteiger partial charge >= 0.3 is 0 Å². The van der Waals surface area contributed by atoms with Crippen LogP contribution in [0.5, 0.6) is 0 Å². The van der Waals surface area contributed by atoms with Crippen LogP contribution in [0.15, 0.2) is 16.9 Å². The van der Waals surface area contributed by atoms with E-state index in [2.05, 4.69) is 6.20 Å². The number of hydrogen-bond donors (Lipinski definition) is 0. The Morgan fingerprint density at radius 1 is 1.33 bits per heavy atom. The van der Waals surface area contributed by atoms with E-state index in [1.165, 1.54) is 0 Å². The maximum absolute atomic E-state index is 5.21. The van der Waals surface area contributed by atoms with Crippen LogP contribution < -0.4 is 0 Å². The molecule has 3 heteroatoms. The largest absolute Gasteiger partial charge is 0.496 e. The fourth-order valence-corrected chi connectivity index (χ4v) is 1.32. The van der Waals surface area contributed by atoms with Crippen LogP contribution >= 0.6 is 0 Å². The van der Waals surface area contributed by atoms with Crippen LogP contribution in [0.25, 0.3) is 0 Å². The van der Waals surface area contributed by atoms with Gasteiger partial charge in [-0.05, 0) is 19.4 Å². The van der Waals surface area contributed by atoms with E-state index in [0.29, 0.717) is 0 Å². The first-order valence-electron chi connectivity index (χ1n) is 3.85. The van der Waals surface area contributed by atoms with E-state index >= 15 is 0 Å². The van der Waals surface area contributed by atoms with E-state index in [1.807, 2.05) is 13.8 Å². The predicted octanol–water partition coefficient (Wildman–Crippen LogP) is 1.49. The zero-order chi connectivity index (χ0) is 9.14. The number of hydroxylamine groups is 2. The molecule has 0 saturated carbocycles. The molecule has 1 rings (SSSR count). The van der Waals surface area contributed by atoms with E-state index in [-0.39, 0.29) is 0 Å². The highest BCUT2D eigenvalue weighted by Crippen LogP contribution is 2.20. The van der Waals surface area contributed by atoms with Gasteiger partial charge in [0, 0.05) is 5.57 Å². The van der Waals surface area contributed by atoms with Crippen LogP contribution in [0.3, 0.4) is 0 Å². The van der Waals surface area contributed by atoms with Gasteiger partial charge in [-0.1, -0.05) is 0 Å². The Morgan fingerprint density at radius 3 is 2.42 bits per heavy atom. The number of allylic oxidation sites excluding steroid dienone is 1. The Balaban J connectivity index is 2.84. The van der Waals surface area contributed by atoms with Gasteiger partial charge in [-0.3, -0.25) is 4.84 Å². The molecule has 0 aromatic rings. The van der Waals surface area contributed by atoms with Gasteiger partial charge in [0.25, 0.3) is 0 Å². The summed E-state index contributed by atoms with van der Waals surface area (Å²) >= 11 is 0. The molecule has 0 spiro atoms. The molecular weight excluding hydrogens is 154 g/mol. The second-order valence-corrected chi connectivity index (χ2v) is 2.77. The molecule has 12 heavy (non-hydrogen) atoms. The highest BCUT2D eigenvalue weighted by molar-refractivity contribution is 5.29. The van der Waals surface area contributed by atoms with Crippen molar-refractivity contribution in [3.63, 3.8) is 0 Å². The van der Waals surface area contributed by atoms with Crippen LogP contribution in [-0.4, -0.2) is 25.8 Å². The number of hydrogen-bond acceptors (Lipinski definition) is 3. The zero-order valence-corrected chi connectivity index (χ0v) is 7.97. The molecule has 1 heterocycles. The third-order valence-electron chi connectivity index (χ3n) is 1.83. The molecule has 0 saturated heterocycles. The Kier molecular flexibility index (Phi) is 2.76. The smallest absolute Gasteiger partial charge is 0.124 e. The lowest BCUT2D eigenvalue weighted by atomic mass is 10.1. The van der Waals surface area contributed by atoms with Crippen molar-refractivity contribution in [1.82, 2.24) is 5.06 Å². The summed E-state index contributed by atoms with van der Waals surface area (Å²) in [7, 11) is 3.30. The van der Waals surface area contributed by atoms with Gasteiger partial charge in [0.2, 0.25) is 0 Å². The Morgan fingerprint density at radius 2 is 2.00 bits per heavy atom. The molecule has 1 aliphatic rings. The van der Waals surface area contributed by atoms with Gasteiger partial charge < -0.3 is 4.74 Å². The number of nitrogens with zero attached hydrogens (tertiary/aromatic N) is 1. The van der Waals surface area contributed by atoms with E-state index in [9.17, 15) is 0 Å². The molecule has 0 amide bonds. The van der Waals surface area contributed by atoms with Crippen molar-refractivity contribution in [1.29, 1.82) is 0 Å². The van der Waals surface area contributed by atoms with E-state index in [0.717, 1.165) is 23.5 Å². The van der Waals surface area contributed by atoms with Crippen molar-refractivity contribution in [3.8, 4) is 0 Å². The standard InChI is InChI=1S/C9H14NO2/c1-7-5-10(12-4)6-8(2)9(7)11-3/h5H2,1-4H3. The van der Waals surface area contributed by atoms with Crippen LogP contribution in [0.4, 0.5) is 0 Å². The van der Waals surface area contributed by atoms with Crippen LogP contribution in [0.1, 0.15) is 13.8 Å². The summed E-state index contributed by atoms with van der Waals surface area (Å²) in [4.78, 5) is 5.04. The van der Waals surface area contributed by atoms with Gasteiger partial charge in [0.05, 0.1) is 27.0 Å². The van der Waals surface area contributed by atoms with E-state index in [4.69, 9.17) is 9.57 Å². The van der Waals surface area contributed by atoms with Gasteiger partial charge in [-0.15, -0.1) is 0 Å². The molecule has 0 fully saturated rings. The highest BCUT2D eigenvalue weighted by Gasteiger charge is 2.15. The number of methoxy groups -OCH3 is 1. The third-order valence-corrected chi connectivity index (χ3v) is 1.83. The molecular formula is C9H14NO2. The third kappa shape index (κ3) is 1.61. The molecule has 0 aromatic heterocycles. The summed E-state index contributed by atoms with van der Waals surface area (Å²) in [6.07, 6.45) is 3.04. The summed E-state index contributed by atoms with van der Waals surface area (Å²) < 4.78 is 5.21. The molecule has 0 unspecified atom stereocenters. The number of rotatable bonds is 2. The second-order valence-electron chi connectivity index (χ2n) is 2.77. The van der Waals surface area contributed by atoms with Crippen molar-refractivity contribution in [3.05, 3.63) is 23.1 Å².